The lowest BCUT2D eigenvalue weighted by Gasteiger charge is -2.18. The van der Waals surface area contributed by atoms with Crippen molar-refractivity contribution in [1.82, 2.24) is 0 Å². The maximum atomic E-state index is 12.7. The van der Waals surface area contributed by atoms with Gasteiger partial charge in [0, 0.05) is 19.3 Å². The monoisotopic (exact) mass is 869 g/mol. The first kappa shape index (κ1) is 59.4. The molecule has 6 heteroatoms. The standard InChI is InChI=1S/C56H100O6/c1-4-7-10-13-16-19-22-25-26-27-28-29-32-34-37-40-43-46-49-55(58)61-52-53(62-56(59)50-47-44-41-38-35-31-24-21-18-15-12-9-6-3)51-60-54(57)48-45-42-39-36-33-30-23-20-17-14-11-8-5-2/h30-31,33,35,39,41-42,44,53H,4-29,32,34,36-38,40,43,45-52H2,1-3H3/b33-30-,35-31-,42-39-,44-41-. The zero-order chi connectivity index (χ0) is 45.1. The molecule has 0 spiro atoms. The number of carbonyl (C=O) groups is 3. The Labute approximate surface area is 384 Å². The van der Waals surface area contributed by atoms with Crippen LogP contribution in [0.3, 0.4) is 0 Å². The van der Waals surface area contributed by atoms with Crippen LogP contribution >= 0.6 is 0 Å². The van der Waals surface area contributed by atoms with Gasteiger partial charge in [-0.1, -0.05) is 243 Å². The summed E-state index contributed by atoms with van der Waals surface area (Å²) in [4.78, 5) is 37.9. The highest BCUT2D eigenvalue weighted by Gasteiger charge is 2.19. The summed E-state index contributed by atoms with van der Waals surface area (Å²) in [5, 5.41) is 0. The minimum Gasteiger partial charge on any atom is -0.462 e. The van der Waals surface area contributed by atoms with Crippen LogP contribution in [-0.2, 0) is 28.6 Å². The Kier molecular flexibility index (Phi) is 48.8. The first-order valence-electron chi connectivity index (χ1n) is 26.6. The fraction of sp³-hybridized carbons (Fsp3) is 0.804. The molecule has 0 aromatic rings. The molecule has 0 fully saturated rings. The maximum absolute atomic E-state index is 12.7. The van der Waals surface area contributed by atoms with E-state index in [1.165, 1.54) is 173 Å². The fourth-order valence-electron chi connectivity index (χ4n) is 7.55. The molecule has 0 bridgehead atoms. The Hall–Kier alpha value is -2.63. The molecule has 62 heavy (non-hydrogen) atoms. The Morgan fingerprint density at radius 2 is 0.613 bits per heavy atom. The summed E-state index contributed by atoms with van der Waals surface area (Å²) in [5.41, 5.74) is 0. The van der Waals surface area contributed by atoms with E-state index in [1.54, 1.807) is 0 Å². The van der Waals surface area contributed by atoms with Gasteiger partial charge >= 0.3 is 17.9 Å². The van der Waals surface area contributed by atoms with Crippen molar-refractivity contribution in [2.45, 2.75) is 277 Å². The van der Waals surface area contributed by atoms with E-state index in [0.29, 0.717) is 19.3 Å². The SMILES string of the molecule is CCCCCCCC/C=C\C/C=C\CCC(=O)OCC(COC(=O)CCCCCCCCCCCCCCCCCCCC)OC(=O)CC/C=C\C/C=C\CCCCCCCC. The van der Waals surface area contributed by atoms with E-state index < -0.39 is 6.10 Å². The summed E-state index contributed by atoms with van der Waals surface area (Å²) in [6.07, 6.45) is 61.3. The van der Waals surface area contributed by atoms with E-state index in [1.807, 2.05) is 12.2 Å². The molecule has 0 aliphatic heterocycles. The van der Waals surface area contributed by atoms with Crippen LogP contribution in [0.2, 0.25) is 0 Å². The molecule has 0 radical (unpaired) electrons. The van der Waals surface area contributed by atoms with Crippen molar-refractivity contribution in [3.63, 3.8) is 0 Å². The van der Waals surface area contributed by atoms with Crippen LogP contribution in [0.5, 0.6) is 0 Å². The van der Waals surface area contributed by atoms with E-state index in [-0.39, 0.29) is 44.0 Å². The van der Waals surface area contributed by atoms with Gasteiger partial charge in [-0.15, -0.1) is 0 Å². The second kappa shape index (κ2) is 51.0. The van der Waals surface area contributed by atoms with E-state index >= 15 is 0 Å². The number of ether oxygens (including phenoxy) is 3. The first-order chi connectivity index (χ1) is 30.5. The predicted molar refractivity (Wildman–Crippen MR) is 265 cm³/mol. The summed E-state index contributed by atoms with van der Waals surface area (Å²) in [6, 6.07) is 0. The van der Waals surface area contributed by atoms with Crippen molar-refractivity contribution >= 4 is 17.9 Å². The van der Waals surface area contributed by atoms with E-state index in [4.69, 9.17) is 14.2 Å². The van der Waals surface area contributed by atoms with E-state index in [9.17, 15) is 14.4 Å². The molecule has 0 saturated carbocycles. The summed E-state index contributed by atoms with van der Waals surface area (Å²) >= 11 is 0. The summed E-state index contributed by atoms with van der Waals surface area (Å²) in [7, 11) is 0. The lowest BCUT2D eigenvalue weighted by atomic mass is 10.0. The van der Waals surface area contributed by atoms with Gasteiger partial charge in [0.1, 0.15) is 13.2 Å². The Bertz CT molecular complexity index is 1090. The number of unbranched alkanes of at least 4 members (excludes halogenated alkanes) is 29. The van der Waals surface area contributed by atoms with Crippen LogP contribution < -0.4 is 0 Å². The molecule has 0 aromatic heterocycles. The lowest BCUT2D eigenvalue weighted by Crippen LogP contribution is -2.30. The van der Waals surface area contributed by atoms with Crippen LogP contribution in [0.4, 0.5) is 0 Å². The number of carbonyl (C=O) groups excluding carboxylic acids is 3. The molecular formula is C56H100O6. The summed E-state index contributed by atoms with van der Waals surface area (Å²) in [6.45, 7) is 6.54. The molecule has 0 amide bonds. The van der Waals surface area contributed by atoms with Gasteiger partial charge in [-0.2, -0.15) is 0 Å². The zero-order valence-corrected chi connectivity index (χ0v) is 41.1. The fourth-order valence-corrected chi connectivity index (χ4v) is 7.55. The quantitative estimate of drug-likeness (QED) is 0.0262. The Morgan fingerprint density at radius 1 is 0.323 bits per heavy atom. The van der Waals surface area contributed by atoms with Gasteiger partial charge in [-0.05, 0) is 57.8 Å². The van der Waals surface area contributed by atoms with Crippen molar-refractivity contribution in [2.75, 3.05) is 13.2 Å². The van der Waals surface area contributed by atoms with Crippen molar-refractivity contribution in [1.29, 1.82) is 0 Å². The minimum atomic E-state index is -0.822. The number of allylic oxidation sites excluding steroid dienone is 8. The number of hydrogen-bond donors (Lipinski definition) is 0. The molecule has 6 nitrogen and oxygen atoms in total. The van der Waals surface area contributed by atoms with Gasteiger partial charge in [-0.3, -0.25) is 14.4 Å². The molecule has 0 aliphatic rings. The average molecular weight is 869 g/mol. The van der Waals surface area contributed by atoms with Gasteiger partial charge in [0.15, 0.2) is 6.10 Å². The van der Waals surface area contributed by atoms with Crippen molar-refractivity contribution in [3.8, 4) is 0 Å². The minimum absolute atomic E-state index is 0.110. The molecule has 0 aromatic carbocycles. The van der Waals surface area contributed by atoms with Crippen LogP contribution in [0.25, 0.3) is 0 Å². The van der Waals surface area contributed by atoms with Crippen molar-refractivity contribution < 1.29 is 28.6 Å². The van der Waals surface area contributed by atoms with Crippen LogP contribution in [-0.4, -0.2) is 37.2 Å². The van der Waals surface area contributed by atoms with Gasteiger partial charge < -0.3 is 14.2 Å². The second-order valence-corrected chi connectivity index (χ2v) is 17.8. The molecule has 0 saturated heterocycles. The normalized spacial score (nSPS) is 12.4. The Balaban J connectivity index is 4.42. The summed E-state index contributed by atoms with van der Waals surface area (Å²) in [5.74, 6) is -1.04. The highest BCUT2D eigenvalue weighted by Crippen LogP contribution is 2.15. The molecule has 0 heterocycles. The first-order valence-corrected chi connectivity index (χ1v) is 26.6. The lowest BCUT2D eigenvalue weighted by molar-refractivity contribution is -0.166. The van der Waals surface area contributed by atoms with Crippen LogP contribution in [0.15, 0.2) is 48.6 Å². The van der Waals surface area contributed by atoms with E-state index in [2.05, 4.69) is 57.2 Å². The molecular weight excluding hydrogens is 769 g/mol. The smallest absolute Gasteiger partial charge is 0.306 e. The molecule has 0 aliphatic carbocycles. The molecule has 1 atom stereocenters. The third kappa shape index (κ3) is 48.4. The highest BCUT2D eigenvalue weighted by atomic mass is 16.6. The number of rotatable bonds is 48. The van der Waals surface area contributed by atoms with E-state index in [0.717, 1.165) is 44.9 Å². The maximum Gasteiger partial charge on any atom is 0.306 e. The third-order valence-electron chi connectivity index (χ3n) is 11.6. The zero-order valence-electron chi connectivity index (χ0n) is 41.1. The van der Waals surface area contributed by atoms with Crippen molar-refractivity contribution in [2.24, 2.45) is 0 Å². The molecule has 360 valence electrons. The van der Waals surface area contributed by atoms with Gasteiger partial charge in [-0.25, -0.2) is 0 Å². The number of esters is 3. The van der Waals surface area contributed by atoms with Gasteiger partial charge in [0.25, 0.3) is 0 Å². The van der Waals surface area contributed by atoms with Crippen molar-refractivity contribution in [3.05, 3.63) is 48.6 Å². The van der Waals surface area contributed by atoms with Crippen LogP contribution in [0, 0.1) is 0 Å². The second-order valence-electron chi connectivity index (χ2n) is 17.8. The molecule has 0 rings (SSSR count). The average Bonchev–Trinajstić information content (AvgIpc) is 3.27. The Morgan fingerprint density at radius 3 is 0.984 bits per heavy atom. The van der Waals surface area contributed by atoms with Crippen LogP contribution in [0.1, 0.15) is 271 Å². The topological polar surface area (TPSA) is 78.9 Å². The predicted octanol–water partition coefficient (Wildman–Crippen LogP) is 17.5. The highest BCUT2D eigenvalue weighted by molar-refractivity contribution is 5.71. The van der Waals surface area contributed by atoms with Gasteiger partial charge in [0.05, 0.1) is 0 Å². The summed E-state index contributed by atoms with van der Waals surface area (Å²) < 4.78 is 16.7. The molecule has 0 N–H and O–H groups in total. The van der Waals surface area contributed by atoms with Gasteiger partial charge in [0.2, 0.25) is 0 Å². The largest absolute Gasteiger partial charge is 0.462 e. The number of hydrogen-bond acceptors (Lipinski definition) is 6. The molecule has 1 unspecified atom stereocenters. The third-order valence-corrected chi connectivity index (χ3v) is 11.6.